The smallest absolute Gasteiger partial charge is 0.356 e. The van der Waals surface area contributed by atoms with Crippen LogP contribution in [-0.2, 0) is 6.42 Å². The van der Waals surface area contributed by atoms with E-state index in [4.69, 9.17) is 9.84 Å². The second-order valence-electron chi connectivity index (χ2n) is 4.40. The van der Waals surface area contributed by atoms with Gasteiger partial charge in [0.2, 0.25) is 0 Å². The number of halogens is 1. The number of aryl methyl sites for hydroxylation is 1. The van der Waals surface area contributed by atoms with E-state index >= 15 is 0 Å². The molecule has 0 unspecified atom stereocenters. The van der Waals surface area contributed by atoms with Gasteiger partial charge in [0.1, 0.15) is 5.75 Å². The maximum absolute atomic E-state index is 11.3. The summed E-state index contributed by atoms with van der Waals surface area (Å²) in [4.78, 5) is 11.3. The van der Waals surface area contributed by atoms with Crippen molar-refractivity contribution in [1.29, 1.82) is 0 Å². The number of nitrogens with zero attached hydrogens (tertiary/aromatic N) is 2. The van der Waals surface area contributed by atoms with Crippen LogP contribution in [0.25, 0.3) is 5.69 Å². The fraction of sp³-hybridized carbons (Fsp3) is 0.286. The van der Waals surface area contributed by atoms with Crippen molar-refractivity contribution in [2.24, 2.45) is 0 Å². The van der Waals surface area contributed by atoms with E-state index in [1.165, 1.54) is 4.68 Å². The zero-order chi connectivity index (χ0) is 15.4. The van der Waals surface area contributed by atoms with Gasteiger partial charge < -0.3 is 14.9 Å². The van der Waals surface area contributed by atoms with Crippen molar-refractivity contribution < 1.29 is 19.7 Å². The van der Waals surface area contributed by atoms with Crippen molar-refractivity contribution in [2.45, 2.75) is 12.8 Å². The highest BCUT2D eigenvalue weighted by atomic mass is 79.9. The molecular formula is C14H15BrN2O4. The fourth-order valence-electron chi connectivity index (χ4n) is 1.96. The van der Waals surface area contributed by atoms with Gasteiger partial charge in [0.05, 0.1) is 12.8 Å². The van der Waals surface area contributed by atoms with E-state index in [2.05, 4.69) is 21.0 Å². The molecule has 21 heavy (non-hydrogen) atoms. The van der Waals surface area contributed by atoms with E-state index in [0.29, 0.717) is 29.8 Å². The highest BCUT2D eigenvalue weighted by Gasteiger charge is 2.17. The summed E-state index contributed by atoms with van der Waals surface area (Å²) in [6.07, 6.45) is 2.61. The lowest BCUT2D eigenvalue weighted by Gasteiger charge is -2.07. The number of carboxylic acid groups (broad SMARTS) is 1. The number of hydrogen-bond acceptors (Lipinski definition) is 4. The van der Waals surface area contributed by atoms with Crippen molar-refractivity contribution in [3.8, 4) is 11.4 Å². The van der Waals surface area contributed by atoms with Crippen molar-refractivity contribution >= 4 is 21.9 Å². The van der Waals surface area contributed by atoms with Crippen LogP contribution in [0.2, 0.25) is 0 Å². The number of aromatic nitrogens is 2. The molecule has 1 aromatic heterocycles. The Labute approximate surface area is 130 Å². The summed E-state index contributed by atoms with van der Waals surface area (Å²) in [6.45, 7) is 0.00704. The summed E-state index contributed by atoms with van der Waals surface area (Å²) in [5, 5.41) is 22.2. The summed E-state index contributed by atoms with van der Waals surface area (Å²) < 4.78 is 7.45. The normalized spacial score (nSPS) is 10.6. The Bertz CT molecular complexity index is 654. The number of carboxylic acids is 1. The molecule has 2 rings (SSSR count). The van der Waals surface area contributed by atoms with Gasteiger partial charge >= 0.3 is 5.97 Å². The Morgan fingerprint density at radius 3 is 2.86 bits per heavy atom. The van der Waals surface area contributed by atoms with Crippen LogP contribution >= 0.6 is 15.9 Å². The van der Waals surface area contributed by atoms with Crippen molar-refractivity contribution in [3.05, 3.63) is 40.1 Å². The molecule has 0 saturated heterocycles. The zero-order valence-electron chi connectivity index (χ0n) is 11.4. The summed E-state index contributed by atoms with van der Waals surface area (Å²) in [7, 11) is 1.56. The van der Waals surface area contributed by atoms with Crippen LogP contribution in [0.15, 0.2) is 28.9 Å². The molecule has 7 heteroatoms. The SMILES string of the molecule is COc1ccc(Br)c(-n2cc(CCCO)c(C(=O)O)n2)c1. The molecule has 0 atom stereocenters. The lowest BCUT2D eigenvalue weighted by atomic mass is 10.1. The van der Waals surface area contributed by atoms with Crippen LogP contribution in [0.3, 0.4) is 0 Å². The largest absolute Gasteiger partial charge is 0.497 e. The second-order valence-corrected chi connectivity index (χ2v) is 5.25. The molecule has 2 N–H and O–H groups in total. The van der Waals surface area contributed by atoms with Gasteiger partial charge in [-0.15, -0.1) is 0 Å². The summed E-state index contributed by atoms with van der Waals surface area (Å²) >= 11 is 3.42. The van der Waals surface area contributed by atoms with Crippen molar-refractivity contribution in [1.82, 2.24) is 9.78 Å². The second kappa shape index (κ2) is 6.73. The predicted molar refractivity (Wildman–Crippen MR) is 80.2 cm³/mol. The molecule has 0 spiro atoms. The fourth-order valence-corrected chi connectivity index (χ4v) is 2.39. The Hall–Kier alpha value is -1.86. The van der Waals surface area contributed by atoms with Crippen molar-refractivity contribution in [2.75, 3.05) is 13.7 Å². The molecule has 0 amide bonds. The third-order valence-electron chi connectivity index (χ3n) is 3.00. The first-order chi connectivity index (χ1) is 10.1. The third kappa shape index (κ3) is 3.43. The molecule has 0 saturated carbocycles. The number of ether oxygens (including phenoxy) is 1. The number of carbonyl (C=O) groups is 1. The number of aromatic carboxylic acids is 1. The van der Waals surface area contributed by atoms with Crippen LogP contribution in [0, 0.1) is 0 Å². The monoisotopic (exact) mass is 354 g/mol. The number of aliphatic hydroxyl groups excluding tert-OH is 1. The molecule has 2 aromatic rings. The Balaban J connectivity index is 2.46. The minimum atomic E-state index is -1.08. The van der Waals surface area contributed by atoms with Crippen LogP contribution < -0.4 is 4.74 Å². The zero-order valence-corrected chi connectivity index (χ0v) is 13.0. The molecule has 6 nitrogen and oxygen atoms in total. The maximum atomic E-state index is 11.3. The Morgan fingerprint density at radius 2 is 2.24 bits per heavy atom. The first-order valence-corrected chi connectivity index (χ1v) is 7.12. The quantitative estimate of drug-likeness (QED) is 0.831. The van der Waals surface area contributed by atoms with E-state index in [-0.39, 0.29) is 12.3 Å². The highest BCUT2D eigenvalue weighted by Crippen LogP contribution is 2.26. The van der Waals surface area contributed by atoms with Gasteiger partial charge in [-0.3, -0.25) is 0 Å². The maximum Gasteiger partial charge on any atom is 0.356 e. The number of rotatable bonds is 6. The van der Waals surface area contributed by atoms with Gasteiger partial charge in [0.25, 0.3) is 0 Å². The molecule has 1 aromatic carbocycles. The van der Waals surface area contributed by atoms with Gasteiger partial charge in [0, 0.05) is 28.9 Å². The summed E-state index contributed by atoms with van der Waals surface area (Å²) in [5.41, 5.74) is 1.27. The minimum absolute atomic E-state index is 0.00169. The van der Waals surface area contributed by atoms with Gasteiger partial charge in [-0.05, 0) is 40.9 Å². The minimum Gasteiger partial charge on any atom is -0.497 e. The topological polar surface area (TPSA) is 84.6 Å². The predicted octanol–water partition coefficient (Wildman–Crippen LogP) is 2.27. The van der Waals surface area contributed by atoms with Gasteiger partial charge in [-0.1, -0.05) is 0 Å². The third-order valence-corrected chi connectivity index (χ3v) is 3.67. The Kier molecular flexibility index (Phi) is 4.98. The lowest BCUT2D eigenvalue weighted by molar-refractivity contribution is 0.0688. The summed E-state index contributed by atoms with van der Waals surface area (Å²) in [5.74, 6) is -0.432. The molecule has 0 aliphatic heterocycles. The molecular weight excluding hydrogens is 340 g/mol. The van der Waals surface area contributed by atoms with Gasteiger partial charge in [-0.2, -0.15) is 5.10 Å². The van der Waals surface area contributed by atoms with E-state index in [0.717, 1.165) is 4.47 Å². The Morgan fingerprint density at radius 1 is 1.48 bits per heavy atom. The first-order valence-electron chi connectivity index (χ1n) is 6.33. The van der Waals surface area contributed by atoms with Gasteiger partial charge in [-0.25, -0.2) is 9.48 Å². The number of methoxy groups -OCH3 is 1. The standard InChI is InChI=1S/C14H15BrN2O4/c1-21-10-4-5-11(15)12(7-10)17-8-9(3-2-6-18)13(16-17)14(19)20/h4-5,7-8,18H,2-3,6H2,1H3,(H,19,20). The lowest BCUT2D eigenvalue weighted by Crippen LogP contribution is -2.03. The molecule has 0 bridgehead atoms. The van der Waals surface area contributed by atoms with E-state index in [9.17, 15) is 9.90 Å². The molecule has 0 fully saturated rings. The van der Waals surface area contributed by atoms with E-state index < -0.39 is 5.97 Å². The average Bonchev–Trinajstić information content (AvgIpc) is 2.89. The van der Waals surface area contributed by atoms with Crippen LogP contribution in [0.4, 0.5) is 0 Å². The number of hydrogen-bond donors (Lipinski definition) is 2. The number of aliphatic hydroxyl groups is 1. The average molecular weight is 355 g/mol. The van der Waals surface area contributed by atoms with E-state index in [1.807, 2.05) is 6.07 Å². The molecule has 1 heterocycles. The highest BCUT2D eigenvalue weighted by molar-refractivity contribution is 9.10. The van der Waals surface area contributed by atoms with E-state index in [1.54, 1.807) is 25.4 Å². The summed E-state index contributed by atoms with van der Waals surface area (Å²) in [6, 6.07) is 5.37. The number of benzene rings is 1. The van der Waals surface area contributed by atoms with Crippen LogP contribution in [-0.4, -0.2) is 39.7 Å². The van der Waals surface area contributed by atoms with Crippen LogP contribution in [0.1, 0.15) is 22.5 Å². The molecule has 0 aliphatic rings. The molecule has 0 aliphatic carbocycles. The van der Waals surface area contributed by atoms with Gasteiger partial charge in [0.15, 0.2) is 5.69 Å². The van der Waals surface area contributed by atoms with Crippen LogP contribution in [0.5, 0.6) is 5.75 Å². The van der Waals surface area contributed by atoms with Crippen molar-refractivity contribution in [3.63, 3.8) is 0 Å². The molecule has 112 valence electrons. The first kappa shape index (κ1) is 15.5. The molecule has 0 radical (unpaired) electrons.